The Bertz CT molecular complexity index is 1550. The fourth-order valence-electron chi connectivity index (χ4n) is 3.35. The molecule has 0 atom stereocenters. The molecule has 0 amide bonds. The summed E-state index contributed by atoms with van der Waals surface area (Å²) in [6.45, 7) is 0. The molecule has 10 heteroatoms. The number of para-hydroxylation sites is 1. The van der Waals surface area contributed by atoms with Crippen LogP contribution in [0.5, 0.6) is 5.75 Å². The zero-order valence-corrected chi connectivity index (χ0v) is 18.3. The van der Waals surface area contributed by atoms with E-state index in [1.54, 1.807) is 7.11 Å². The summed E-state index contributed by atoms with van der Waals surface area (Å²) in [6, 6.07) is 20.6. The summed E-state index contributed by atoms with van der Waals surface area (Å²) >= 11 is 5.91. The molecule has 0 aliphatic rings. The Hall–Kier alpha value is -3.69. The Labute approximate surface area is 188 Å². The van der Waals surface area contributed by atoms with Crippen molar-refractivity contribution in [3.05, 3.63) is 77.8 Å². The number of anilines is 2. The van der Waals surface area contributed by atoms with Crippen molar-refractivity contribution in [3.63, 3.8) is 0 Å². The van der Waals surface area contributed by atoms with Gasteiger partial charge in [0.05, 0.1) is 17.5 Å². The number of benzene rings is 3. The van der Waals surface area contributed by atoms with Crippen LogP contribution in [0.3, 0.4) is 0 Å². The van der Waals surface area contributed by atoms with Crippen molar-refractivity contribution in [2.24, 2.45) is 0 Å². The van der Waals surface area contributed by atoms with Gasteiger partial charge in [0.1, 0.15) is 11.6 Å². The average molecular weight is 466 g/mol. The number of halogens is 1. The fourth-order valence-corrected chi connectivity index (χ4v) is 4.71. The zero-order chi connectivity index (χ0) is 22.3. The number of ether oxygens (including phenoxy) is 1. The first-order valence-electron chi connectivity index (χ1n) is 9.53. The predicted octanol–water partition coefficient (Wildman–Crippen LogP) is 4.52. The Morgan fingerprint density at radius 2 is 1.69 bits per heavy atom. The highest BCUT2D eigenvalue weighted by molar-refractivity contribution is 7.91. The molecule has 5 aromatic rings. The topological polar surface area (TPSA) is 98.5 Å². The molecule has 2 aromatic heterocycles. The number of methoxy groups -OCH3 is 1. The standard InChI is InChI=1S/C22H16ClN5O3S/c1-31-16-10-8-15(9-11-16)24-20-18-4-2-3-5-19(18)28-21(25-20)22(26-27-28)32(29,30)17-12-6-14(23)7-13-17/h2-13H,1H3,(H,24,25). The molecule has 0 aliphatic heterocycles. The molecule has 32 heavy (non-hydrogen) atoms. The Kier molecular flexibility index (Phi) is 4.91. The van der Waals surface area contributed by atoms with E-state index in [9.17, 15) is 8.42 Å². The largest absolute Gasteiger partial charge is 0.497 e. The first kappa shape index (κ1) is 20.2. The number of fused-ring (bicyclic) bond motifs is 3. The molecule has 0 radical (unpaired) electrons. The number of hydrogen-bond donors (Lipinski definition) is 1. The van der Waals surface area contributed by atoms with E-state index in [1.807, 2.05) is 48.5 Å². The molecule has 0 spiro atoms. The molecular formula is C22H16ClN5O3S. The van der Waals surface area contributed by atoms with E-state index in [4.69, 9.17) is 16.3 Å². The molecule has 0 aliphatic carbocycles. The summed E-state index contributed by atoms with van der Waals surface area (Å²) in [5.74, 6) is 1.20. The SMILES string of the molecule is COc1ccc(Nc2nc3c(S(=O)(=O)c4ccc(Cl)cc4)nnn3c3ccccc23)cc1. The van der Waals surface area contributed by atoms with Gasteiger partial charge in [0.15, 0.2) is 5.65 Å². The van der Waals surface area contributed by atoms with Crippen LogP contribution in [0.4, 0.5) is 11.5 Å². The summed E-state index contributed by atoms with van der Waals surface area (Å²) in [5.41, 5.74) is 1.55. The lowest BCUT2D eigenvalue weighted by Crippen LogP contribution is -2.05. The lowest BCUT2D eigenvalue weighted by atomic mass is 10.2. The van der Waals surface area contributed by atoms with Crippen LogP contribution in [-0.2, 0) is 9.84 Å². The molecular weight excluding hydrogens is 450 g/mol. The third kappa shape index (κ3) is 3.41. The maximum absolute atomic E-state index is 13.3. The van der Waals surface area contributed by atoms with Crippen LogP contribution in [0, 0.1) is 0 Å². The Balaban J connectivity index is 1.69. The van der Waals surface area contributed by atoms with Gasteiger partial charge in [0.2, 0.25) is 14.9 Å². The van der Waals surface area contributed by atoms with E-state index in [0.717, 1.165) is 16.8 Å². The van der Waals surface area contributed by atoms with E-state index >= 15 is 0 Å². The average Bonchev–Trinajstić information content (AvgIpc) is 3.25. The Morgan fingerprint density at radius 3 is 2.41 bits per heavy atom. The minimum absolute atomic E-state index is 0.0592. The number of hydrogen-bond acceptors (Lipinski definition) is 7. The van der Waals surface area contributed by atoms with Gasteiger partial charge < -0.3 is 10.1 Å². The van der Waals surface area contributed by atoms with Crippen molar-refractivity contribution in [1.29, 1.82) is 0 Å². The molecule has 1 N–H and O–H groups in total. The van der Waals surface area contributed by atoms with Crippen LogP contribution in [-0.4, -0.2) is 35.3 Å². The minimum Gasteiger partial charge on any atom is -0.497 e. The van der Waals surface area contributed by atoms with Gasteiger partial charge in [0, 0.05) is 16.1 Å². The van der Waals surface area contributed by atoms with Gasteiger partial charge in [-0.05, 0) is 60.7 Å². The molecule has 0 saturated carbocycles. The summed E-state index contributed by atoms with van der Waals surface area (Å²) in [5, 5.41) is 12.3. The highest BCUT2D eigenvalue weighted by atomic mass is 35.5. The van der Waals surface area contributed by atoms with Crippen LogP contribution in [0.2, 0.25) is 5.02 Å². The highest BCUT2D eigenvalue weighted by Gasteiger charge is 2.27. The van der Waals surface area contributed by atoms with E-state index < -0.39 is 9.84 Å². The summed E-state index contributed by atoms with van der Waals surface area (Å²) in [4.78, 5) is 4.66. The third-order valence-corrected chi connectivity index (χ3v) is 6.87. The predicted molar refractivity (Wildman–Crippen MR) is 121 cm³/mol. The Morgan fingerprint density at radius 1 is 0.969 bits per heavy atom. The van der Waals surface area contributed by atoms with Crippen molar-refractivity contribution >= 4 is 49.5 Å². The normalized spacial score (nSPS) is 11.7. The van der Waals surface area contributed by atoms with Crippen molar-refractivity contribution in [3.8, 4) is 5.75 Å². The molecule has 5 rings (SSSR count). The second-order valence-electron chi connectivity index (χ2n) is 6.92. The third-order valence-electron chi connectivity index (χ3n) is 4.95. The van der Waals surface area contributed by atoms with Gasteiger partial charge in [-0.2, -0.15) is 4.52 Å². The maximum atomic E-state index is 13.3. The molecule has 160 valence electrons. The molecule has 8 nitrogen and oxygen atoms in total. The summed E-state index contributed by atoms with van der Waals surface area (Å²) < 4.78 is 33.2. The van der Waals surface area contributed by atoms with E-state index in [-0.39, 0.29) is 15.6 Å². The van der Waals surface area contributed by atoms with E-state index in [0.29, 0.717) is 16.4 Å². The quantitative estimate of drug-likeness (QED) is 0.407. The second-order valence-corrected chi connectivity index (χ2v) is 9.22. The van der Waals surface area contributed by atoms with Crippen LogP contribution in [0.15, 0.2) is 82.7 Å². The monoisotopic (exact) mass is 465 g/mol. The number of rotatable bonds is 5. The van der Waals surface area contributed by atoms with Crippen molar-refractivity contribution in [2.45, 2.75) is 9.92 Å². The molecule has 0 fully saturated rings. The van der Waals surface area contributed by atoms with Gasteiger partial charge in [-0.15, -0.1) is 5.10 Å². The second kappa shape index (κ2) is 7.77. The smallest absolute Gasteiger partial charge is 0.229 e. The number of nitrogens with one attached hydrogen (secondary N) is 1. The van der Waals surface area contributed by atoms with Crippen LogP contribution in [0.1, 0.15) is 0 Å². The number of aromatic nitrogens is 4. The molecule has 0 unspecified atom stereocenters. The van der Waals surface area contributed by atoms with E-state index in [2.05, 4.69) is 20.6 Å². The summed E-state index contributed by atoms with van der Waals surface area (Å²) in [7, 11) is -2.37. The van der Waals surface area contributed by atoms with Crippen LogP contribution in [0.25, 0.3) is 16.6 Å². The lowest BCUT2D eigenvalue weighted by Gasteiger charge is -2.11. The van der Waals surface area contributed by atoms with E-state index in [1.165, 1.54) is 28.8 Å². The van der Waals surface area contributed by atoms with Gasteiger partial charge in [-0.1, -0.05) is 28.9 Å². The molecule has 3 aromatic carbocycles. The summed E-state index contributed by atoms with van der Waals surface area (Å²) in [6.07, 6.45) is 0. The first-order chi connectivity index (χ1) is 15.5. The molecule has 0 bridgehead atoms. The van der Waals surface area contributed by atoms with Crippen LogP contribution < -0.4 is 10.1 Å². The number of nitrogens with zero attached hydrogens (tertiary/aromatic N) is 4. The minimum atomic E-state index is -3.97. The zero-order valence-electron chi connectivity index (χ0n) is 16.7. The highest BCUT2D eigenvalue weighted by Crippen LogP contribution is 2.30. The van der Waals surface area contributed by atoms with Crippen molar-refractivity contribution in [1.82, 2.24) is 19.8 Å². The lowest BCUT2D eigenvalue weighted by molar-refractivity contribution is 0.415. The number of sulfone groups is 1. The van der Waals surface area contributed by atoms with Gasteiger partial charge >= 0.3 is 0 Å². The molecule has 2 heterocycles. The van der Waals surface area contributed by atoms with Crippen molar-refractivity contribution < 1.29 is 13.2 Å². The van der Waals surface area contributed by atoms with Crippen LogP contribution >= 0.6 is 11.6 Å². The maximum Gasteiger partial charge on any atom is 0.229 e. The van der Waals surface area contributed by atoms with Gasteiger partial charge in [0.25, 0.3) is 0 Å². The fraction of sp³-hybridized carbons (Fsp3) is 0.0455. The van der Waals surface area contributed by atoms with Gasteiger partial charge in [-0.3, -0.25) is 0 Å². The van der Waals surface area contributed by atoms with Gasteiger partial charge in [-0.25, -0.2) is 13.4 Å². The van der Waals surface area contributed by atoms with Crippen molar-refractivity contribution in [2.75, 3.05) is 12.4 Å². The molecule has 0 saturated heterocycles. The first-order valence-corrected chi connectivity index (χ1v) is 11.4.